The average Bonchev–Trinajstić information content (AvgIpc) is 2.96. The number of benzene rings is 2. The van der Waals surface area contributed by atoms with Gasteiger partial charge in [0.1, 0.15) is 5.70 Å². The summed E-state index contributed by atoms with van der Waals surface area (Å²) >= 11 is 0. The number of hydrogen-bond donors (Lipinski definition) is 1. The van der Waals surface area contributed by atoms with Crippen LogP contribution in [0.4, 0.5) is 5.69 Å². The number of amides is 2. The van der Waals surface area contributed by atoms with Crippen molar-refractivity contribution in [1.29, 1.82) is 0 Å². The highest BCUT2D eigenvalue weighted by atomic mass is 16.2. The Kier molecular flexibility index (Phi) is 5.42. The van der Waals surface area contributed by atoms with Gasteiger partial charge < -0.3 is 5.32 Å². The zero-order valence-corrected chi connectivity index (χ0v) is 18.2. The monoisotopic (exact) mass is 411 g/mol. The Morgan fingerprint density at radius 2 is 1.68 bits per heavy atom. The third-order valence-corrected chi connectivity index (χ3v) is 5.66. The van der Waals surface area contributed by atoms with Gasteiger partial charge in [0.05, 0.1) is 12.1 Å². The van der Waals surface area contributed by atoms with Crippen LogP contribution in [0.2, 0.25) is 0 Å². The van der Waals surface area contributed by atoms with Gasteiger partial charge in [0.25, 0.3) is 11.8 Å². The molecule has 31 heavy (non-hydrogen) atoms. The second-order valence-corrected chi connectivity index (χ2v) is 8.05. The number of imide groups is 1. The van der Waals surface area contributed by atoms with Crippen LogP contribution in [0.25, 0.3) is 5.57 Å². The van der Waals surface area contributed by atoms with Crippen molar-refractivity contribution in [3.05, 3.63) is 100 Å². The van der Waals surface area contributed by atoms with Crippen molar-refractivity contribution in [2.45, 2.75) is 34.2 Å². The predicted octanol–water partition coefficient (Wildman–Crippen LogP) is 4.71. The molecule has 0 bridgehead atoms. The molecule has 1 aromatic heterocycles. The lowest BCUT2D eigenvalue weighted by atomic mass is 9.97. The number of aryl methyl sites for hydroxylation is 4. The van der Waals surface area contributed by atoms with Gasteiger partial charge in [0.15, 0.2) is 0 Å². The highest BCUT2D eigenvalue weighted by molar-refractivity contribution is 6.36. The number of pyridine rings is 1. The van der Waals surface area contributed by atoms with Crippen molar-refractivity contribution < 1.29 is 9.59 Å². The van der Waals surface area contributed by atoms with Gasteiger partial charge in [-0.25, -0.2) is 0 Å². The first-order valence-corrected chi connectivity index (χ1v) is 10.3. The highest BCUT2D eigenvalue weighted by Gasteiger charge is 2.39. The lowest BCUT2D eigenvalue weighted by molar-refractivity contribution is -0.137. The number of nitrogens with one attached hydrogen (secondary N) is 1. The number of carbonyl (C=O) groups excluding carboxylic acids is 2. The summed E-state index contributed by atoms with van der Waals surface area (Å²) in [5.74, 6) is -0.630. The number of aromatic nitrogens is 1. The zero-order chi connectivity index (χ0) is 22.1. The molecule has 0 unspecified atom stereocenters. The van der Waals surface area contributed by atoms with E-state index in [9.17, 15) is 9.59 Å². The lowest BCUT2D eigenvalue weighted by Crippen LogP contribution is -2.32. The largest absolute Gasteiger partial charge is 0.350 e. The molecule has 0 aliphatic carbocycles. The molecule has 1 aliphatic rings. The Balaban J connectivity index is 1.79. The van der Waals surface area contributed by atoms with Gasteiger partial charge in [-0.3, -0.25) is 19.5 Å². The normalized spacial score (nSPS) is 13.9. The Morgan fingerprint density at radius 3 is 2.35 bits per heavy atom. The van der Waals surface area contributed by atoms with Gasteiger partial charge in [-0.1, -0.05) is 35.9 Å². The number of hydrogen-bond acceptors (Lipinski definition) is 4. The molecule has 4 rings (SSSR count). The fourth-order valence-corrected chi connectivity index (χ4v) is 3.82. The molecule has 0 radical (unpaired) electrons. The molecule has 2 aromatic carbocycles. The van der Waals surface area contributed by atoms with E-state index >= 15 is 0 Å². The molecular formula is C26H25N3O2. The lowest BCUT2D eigenvalue weighted by Gasteiger charge is -2.15. The molecule has 2 heterocycles. The minimum absolute atomic E-state index is 0.179. The first-order chi connectivity index (χ1) is 14.8. The fraction of sp³-hybridized carbons (Fsp3) is 0.192. The van der Waals surface area contributed by atoms with Crippen molar-refractivity contribution in [3.63, 3.8) is 0 Å². The van der Waals surface area contributed by atoms with Gasteiger partial charge in [0, 0.05) is 18.1 Å². The minimum atomic E-state index is -0.331. The summed E-state index contributed by atoms with van der Waals surface area (Å²) in [4.78, 5) is 32.3. The van der Waals surface area contributed by atoms with Crippen LogP contribution < -0.4 is 5.32 Å². The van der Waals surface area contributed by atoms with E-state index in [4.69, 9.17) is 0 Å². The van der Waals surface area contributed by atoms with Crippen LogP contribution in [-0.4, -0.2) is 21.7 Å². The Morgan fingerprint density at radius 1 is 0.871 bits per heavy atom. The van der Waals surface area contributed by atoms with E-state index in [1.807, 2.05) is 70.2 Å². The van der Waals surface area contributed by atoms with Crippen LogP contribution in [0.5, 0.6) is 0 Å². The summed E-state index contributed by atoms with van der Waals surface area (Å²) < 4.78 is 0. The molecular weight excluding hydrogens is 386 g/mol. The maximum atomic E-state index is 13.5. The van der Waals surface area contributed by atoms with Gasteiger partial charge in [-0.15, -0.1) is 0 Å². The van der Waals surface area contributed by atoms with Gasteiger partial charge >= 0.3 is 0 Å². The molecule has 156 valence electrons. The van der Waals surface area contributed by atoms with Crippen molar-refractivity contribution in [3.8, 4) is 0 Å². The van der Waals surface area contributed by atoms with Crippen LogP contribution in [0.15, 0.2) is 66.6 Å². The van der Waals surface area contributed by atoms with E-state index in [1.165, 1.54) is 10.5 Å². The Hall–Kier alpha value is -3.73. The molecule has 3 aromatic rings. The molecule has 0 saturated carbocycles. The van der Waals surface area contributed by atoms with E-state index in [0.717, 1.165) is 33.5 Å². The number of anilines is 1. The average molecular weight is 412 g/mol. The smallest absolute Gasteiger partial charge is 0.278 e. The third-order valence-electron chi connectivity index (χ3n) is 5.66. The van der Waals surface area contributed by atoms with Crippen molar-refractivity contribution in [1.82, 2.24) is 9.88 Å². The minimum Gasteiger partial charge on any atom is -0.350 e. The van der Waals surface area contributed by atoms with Gasteiger partial charge in [0.2, 0.25) is 0 Å². The van der Waals surface area contributed by atoms with Crippen molar-refractivity contribution in [2.24, 2.45) is 0 Å². The van der Waals surface area contributed by atoms with E-state index in [1.54, 1.807) is 18.5 Å². The first-order valence-electron chi connectivity index (χ1n) is 10.3. The number of carbonyl (C=O) groups is 2. The van der Waals surface area contributed by atoms with Crippen LogP contribution in [0.1, 0.15) is 33.4 Å². The molecule has 5 heteroatoms. The maximum absolute atomic E-state index is 13.5. The molecule has 5 nitrogen and oxygen atoms in total. The van der Waals surface area contributed by atoms with E-state index < -0.39 is 0 Å². The third kappa shape index (κ3) is 3.99. The Bertz CT molecular complexity index is 1210. The zero-order valence-electron chi connectivity index (χ0n) is 18.2. The second kappa shape index (κ2) is 8.19. The van der Waals surface area contributed by atoms with Crippen LogP contribution >= 0.6 is 0 Å². The van der Waals surface area contributed by atoms with Crippen LogP contribution in [-0.2, 0) is 16.1 Å². The molecule has 0 spiro atoms. The second-order valence-electron chi connectivity index (χ2n) is 8.05. The van der Waals surface area contributed by atoms with Crippen LogP contribution in [0.3, 0.4) is 0 Å². The summed E-state index contributed by atoms with van der Waals surface area (Å²) in [5, 5.41) is 3.25. The van der Waals surface area contributed by atoms with E-state index in [-0.39, 0.29) is 18.4 Å². The summed E-state index contributed by atoms with van der Waals surface area (Å²) in [5.41, 5.74) is 7.41. The number of rotatable bonds is 5. The van der Waals surface area contributed by atoms with E-state index in [0.29, 0.717) is 11.3 Å². The van der Waals surface area contributed by atoms with Gasteiger partial charge in [-0.05, 0) is 73.7 Å². The number of nitrogens with zero attached hydrogens (tertiary/aromatic N) is 2. The summed E-state index contributed by atoms with van der Waals surface area (Å²) in [6.45, 7) is 8.22. The predicted molar refractivity (Wildman–Crippen MR) is 122 cm³/mol. The summed E-state index contributed by atoms with van der Waals surface area (Å²) in [7, 11) is 0. The topological polar surface area (TPSA) is 62.3 Å². The van der Waals surface area contributed by atoms with Crippen molar-refractivity contribution in [2.75, 3.05) is 5.32 Å². The SMILES string of the molecule is Cc1ccc(C2=C(Nc3ccc(C)c(C)c3)C(=O)N(Cc3cccnc3)C2=O)c(C)c1. The molecule has 0 atom stereocenters. The quantitative estimate of drug-likeness (QED) is 0.618. The van der Waals surface area contributed by atoms with Crippen LogP contribution in [0, 0.1) is 27.7 Å². The molecule has 0 fully saturated rings. The van der Waals surface area contributed by atoms with E-state index in [2.05, 4.69) is 10.3 Å². The summed E-state index contributed by atoms with van der Waals surface area (Å²) in [6.07, 6.45) is 3.34. The highest BCUT2D eigenvalue weighted by Crippen LogP contribution is 2.33. The summed E-state index contributed by atoms with van der Waals surface area (Å²) in [6, 6.07) is 15.5. The van der Waals surface area contributed by atoms with Gasteiger partial charge in [-0.2, -0.15) is 0 Å². The van der Waals surface area contributed by atoms with Crippen molar-refractivity contribution >= 4 is 23.1 Å². The molecule has 1 aliphatic heterocycles. The molecule has 1 N–H and O–H groups in total. The standard InChI is InChI=1S/C26H25N3O2/c1-16-7-10-22(19(4)12-16)23-24(28-21-9-8-17(2)18(3)13-21)26(31)29(25(23)30)15-20-6-5-11-27-14-20/h5-14,28H,15H2,1-4H3. The Labute approximate surface area is 182 Å². The first kappa shape index (κ1) is 20.5. The molecule has 2 amide bonds. The fourth-order valence-electron chi connectivity index (χ4n) is 3.82. The molecule has 0 saturated heterocycles. The maximum Gasteiger partial charge on any atom is 0.278 e.